The molecule has 3 rings (SSSR count). The summed E-state index contributed by atoms with van der Waals surface area (Å²) in [6, 6.07) is 5.61. The minimum absolute atomic E-state index is 0.00905. The van der Waals surface area contributed by atoms with Crippen LogP contribution in [0.2, 0.25) is 4.34 Å². The Balaban J connectivity index is 1.85. The number of nitrogen functional groups attached to an aromatic ring is 1. The summed E-state index contributed by atoms with van der Waals surface area (Å²) in [4.78, 5) is 13.5. The molecule has 108 valence electrons. The Morgan fingerprint density at radius 2 is 2.19 bits per heavy atom. The van der Waals surface area contributed by atoms with Crippen LogP contribution in [0.15, 0.2) is 30.6 Å². The van der Waals surface area contributed by atoms with Crippen molar-refractivity contribution in [1.82, 2.24) is 24.7 Å². The van der Waals surface area contributed by atoms with E-state index in [4.69, 9.17) is 17.3 Å². The van der Waals surface area contributed by atoms with Crippen molar-refractivity contribution >= 4 is 34.8 Å². The average Bonchev–Trinajstić information content (AvgIpc) is 3.08. The summed E-state index contributed by atoms with van der Waals surface area (Å²) in [5, 5.41) is 7.26. The molecule has 3 heterocycles. The molecule has 0 aliphatic carbocycles. The van der Waals surface area contributed by atoms with Gasteiger partial charge < -0.3 is 11.1 Å². The molecule has 0 bridgehead atoms. The third-order valence-electron chi connectivity index (χ3n) is 2.72. The maximum atomic E-state index is 5.94. The highest BCUT2D eigenvalue weighted by molar-refractivity contribution is 7.16. The highest BCUT2D eigenvalue weighted by Gasteiger charge is 2.12. The van der Waals surface area contributed by atoms with Gasteiger partial charge in [0.1, 0.15) is 0 Å². The fraction of sp³-hybridized carbons (Fsp3) is 0.167. The summed E-state index contributed by atoms with van der Waals surface area (Å²) in [7, 11) is 0. The number of hydrogen-bond acceptors (Lipinski definition) is 7. The van der Waals surface area contributed by atoms with Crippen molar-refractivity contribution in [3.05, 3.63) is 39.8 Å². The van der Waals surface area contributed by atoms with Gasteiger partial charge in [-0.3, -0.25) is 0 Å². The Morgan fingerprint density at radius 1 is 1.33 bits per heavy atom. The van der Waals surface area contributed by atoms with Crippen LogP contribution in [-0.2, 0) is 0 Å². The van der Waals surface area contributed by atoms with Crippen molar-refractivity contribution < 1.29 is 0 Å². The van der Waals surface area contributed by atoms with Crippen molar-refractivity contribution in [1.29, 1.82) is 0 Å². The lowest BCUT2D eigenvalue weighted by atomic mass is 10.3. The number of nitrogens with zero attached hydrogens (tertiary/aromatic N) is 5. The Bertz CT molecular complexity index is 740. The molecular weight excluding hydrogens is 310 g/mol. The molecule has 3 N–H and O–H groups in total. The first-order valence-corrected chi connectivity index (χ1v) is 7.34. The number of nitrogens with two attached hydrogens (primary N) is 1. The molecule has 1 unspecified atom stereocenters. The van der Waals surface area contributed by atoms with Gasteiger partial charge >= 0.3 is 0 Å². The zero-order valence-corrected chi connectivity index (χ0v) is 12.6. The number of halogens is 1. The molecule has 0 aromatic carbocycles. The fourth-order valence-electron chi connectivity index (χ4n) is 1.76. The van der Waals surface area contributed by atoms with Crippen LogP contribution in [0.25, 0.3) is 5.95 Å². The molecule has 0 aliphatic heterocycles. The van der Waals surface area contributed by atoms with Gasteiger partial charge in [0.2, 0.25) is 11.9 Å². The Labute approximate surface area is 129 Å². The molecule has 7 nitrogen and oxygen atoms in total. The van der Waals surface area contributed by atoms with Gasteiger partial charge in [-0.1, -0.05) is 11.6 Å². The third kappa shape index (κ3) is 3.11. The first kappa shape index (κ1) is 13.8. The lowest BCUT2D eigenvalue weighted by Gasteiger charge is -2.12. The molecule has 0 saturated carbocycles. The molecule has 0 aliphatic rings. The number of hydrogen-bond donors (Lipinski definition) is 2. The van der Waals surface area contributed by atoms with Gasteiger partial charge in [0, 0.05) is 17.3 Å². The number of thiophene rings is 1. The number of nitrogens with one attached hydrogen (secondary N) is 1. The van der Waals surface area contributed by atoms with E-state index in [1.165, 1.54) is 16.0 Å². The van der Waals surface area contributed by atoms with E-state index in [0.717, 1.165) is 9.21 Å². The van der Waals surface area contributed by atoms with E-state index < -0.39 is 0 Å². The SMILES string of the molecule is CC(Nc1nc(N)nc(-n2cccn2)n1)c1ccc(Cl)s1. The molecule has 1 atom stereocenters. The van der Waals surface area contributed by atoms with Crippen molar-refractivity contribution in [3.8, 4) is 5.95 Å². The third-order valence-corrected chi connectivity index (χ3v) is 4.13. The molecule has 0 amide bonds. The molecule has 0 spiro atoms. The predicted octanol–water partition coefficient (Wildman–Crippen LogP) is 2.53. The maximum Gasteiger partial charge on any atom is 0.257 e. The molecule has 0 radical (unpaired) electrons. The van der Waals surface area contributed by atoms with Gasteiger partial charge in [0.05, 0.1) is 10.4 Å². The fourth-order valence-corrected chi connectivity index (χ4v) is 2.82. The van der Waals surface area contributed by atoms with Gasteiger partial charge in [-0.2, -0.15) is 20.1 Å². The van der Waals surface area contributed by atoms with E-state index in [0.29, 0.717) is 11.9 Å². The number of rotatable bonds is 4. The largest absolute Gasteiger partial charge is 0.368 e. The summed E-state index contributed by atoms with van der Waals surface area (Å²) in [6.45, 7) is 2.00. The lowest BCUT2D eigenvalue weighted by molar-refractivity contribution is 0.789. The van der Waals surface area contributed by atoms with Crippen LogP contribution in [0.5, 0.6) is 0 Å². The monoisotopic (exact) mass is 321 g/mol. The molecule has 0 fully saturated rings. The minimum Gasteiger partial charge on any atom is -0.368 e. The van der Waals surface area contributed by atoms with E-state index in [1.54, 1.807) is 18.5 Å². The summed E-state index contributed by atoms with van der Waals surface area (Å²) in [5.41, 5.74) is 5.72. The van der Waals surface area contributed by atoms with E-state index in [-0.39, 0.29) is 12.0 Å². The summed E-state index contributed by atoms with van der Waals surface area (Å²) >= 11 is 7.45. The highest BCUT2D eigenvalue weighted by Crippen LogP contribution is 2.28. The van der Waals surface area contributed by atoms with Gasteiger partial charge in [-0.25, -0.2) is 4.68 Å². The highest BCUT2D eigenvalue weighted by atomic mass is 35.5. The van der Waals surface area contributed by atoms with Crippen molar-refractivity contribution in [2.75, 3.05) is 11.1 Å². The zero-order chi connectivity index (χ0) is 14.8. The van der Waals surface area contributed by atoms with Gasteiger partial charge in [-0.15, -0.1) is 11.3 Å². The Kier molecular flexibility index (Phi) is 3.72. The molecule has 3 aromatic rings. The second-order valence-corrected chi connectivity index (χ2v) is 6.02. The van der Waals surface area contributed by atoms with E-state index in [2.05, 4.69) is 25.4 Å². The van der Waals surface area contributed by atoms with Crippen molar-refractivity contribution in [2.45, 2.75) is 13.0 Å². The van der Waals surface area contributed by atoms with Gasteiger partial charge in [-0.05, 0) is 25.1 Å². The second-order valence-electron chi connectivity index (χ2n) is 4.28. The van der Waals surface area contributed by atoms with Gasteiger partial charge in [0.25, 0.3) is 5.95 Å². The van der Waals surface area contributed by atoms with Crippen molar-refractivity contribution in [2.24, 2.45) is 0 Å². The van der Waals surface area contributed by atoms with E-state index in [1.807, 2.05) is 19.1 Å². The van der Waals surface area contributed by atoms with Crippen LogP contribution < -0.4 is 11.1 Å². The quantitative estimate of drug-likeness (QED) is 0.766. The van der Waals surface area contributed by atoms with Crippen LogP contribution in [0, 0.1) is 0 Å². The van der Waals surface area contributed by atoms with Crippen LogP contribution in [0.3, 0.4) is 0 Å². The number of anilines is 2. The molecule has 3 aromatic heterocycles. The topological polar surface area (TPSA) is 94.5 Å². The average molecular weight is 322 g/mol. The van der Waals surface area contributed by atoms with Gasteiger partial charge in [0.15, 0.2) is 0 Å². The van der Waals surface area contributed by atoms with Crippen LogP contribution in [0.4, 0.5) is 11.9 Å². The molecule has 0 saturated heterocycles. The van der Waals surface area contributed by atoms with Crippen molar-refractivity contribution in [3.63, 3.8) is 0 Å². The van der Waals surface area contributed by atoms with Crippen LogP contribution in [-0.4, -0.2) is 24.7 Å². The molecule has 21 heavy (non-hydrogen) atoms. The summed E-state index contributed by atoms with van der Waals surface area (Å²) in [6.07, 6.45) is 3.38. The minimum atomic E-state index is 0.00905. The summed E-state index contributed by atoms with van der Waals surface area (Å²) < 4.78 is 2.27. The Hall–Kier alpha value is -2.19. The van der Waals surface area contributed by atoms with Crippen LogP contribution in [0.1, 0.15) is 17.8 Å². The predicted molar refractivity (Wildman–Crippen MR) is 82.7 cm³/mol. The smallest absolute Gasteiger partial charge is 0.257 e. The first-order chi connectivity index (χ1) is 10.1. The first-order valence-electron chi connectivity index (χ1n) is 6.15. The van der Waals surface area contributed by atoms with E-state index in [9.17, 15) is 0 Å². The maximum absolute atomic E-state index is 5.94. The second kappa shape index (κ2) is 5.66. The number of aromatic nitrogens is 5. The molecular formula is C12H12ClN7S. The van der Waals surface area contributed by atoms with Crippen LogP contribution >= 0.6 is 22.9 Å². The summed E-state index contributed by atoms with van der Waals surface area (Å²) in [5.74, 6) is 0.894. The lowest BCUT2D eigenvalue weighted by Crippen LogP contribution is -2.13. The van der Waals surface area contributed by atoms with E-state index >= 15 is 0 Å². The Morgan fingerprint density at radius 3 is 2.86 bits per heavy atom. The standard InChI is InChI=1S/C12H12ClN7S/c1-7(8-3-4-9(13)21-8)16-11-17-10(14)18-12(19-11)20-6-2-5-15-20/h2-7H,1H3,(H3,14,16,17,18,19). The zero-order valence-electron chi connectivity index (χ0n) is 11.1. The normalized spacial score (nSPS) is 12.3. The molecule has 9 heteroatoms.